The third-order valence-corrected chi connectivity index (χ3v) is 2.86. The van der Waals surface area contributed by atoms with Crippen LogP contribution in [0, 0.1) is 6.92 Å². The molecule has 0 amide bonds. The predicted octanol–water partition coefficient (Wildman–Crippen LogP) is 3.23. The standard InChI is InChI=1S/C13H13BrN2O2/c1-8-15-12(7-13(14)16-8)9-4-10(17-2)6-11(5-9)18-3/h4-7H,1-3H3. The first-order chi connectivity index (χ1) is 8.62. The molecule has 0 aliphatic heterocycles. The van der Waals surface area contributed by atoms with Crippen LogP contribution in [0.5, 0.6) is 11.5 Å². The van der Waals surface area contributed by atoms with E-state index in [1.165, 1.54) is 0 Å². The number of ether oxygens (including phenoxy) is 2. The number of hydrogen-bond donors (Lipinski definition) is 0. The van der Waals surface area contributed by atoms with E-state index in [0.29, 0.717) is 5.82 Å². The Morgan fingerprint density at radius 2 is 1.56 bits per heavy atom. The van der Waals surface area contributed by atoms with Gasteiger partial charge in [-0.2, -0.15) is 0 Å². The molecule has 0 radical (unpaired) electrons. The number of aromatic nitrogens is 2. The molecule has 0 atom stereocenters. The number of methoxy groups -OCH3 is 2. The maximum atomic E-state index is 5.24. The number of hydrogen-bond acceptors (Lipinski definition) is 4. The monoisotopic (exact) mass is 308 g/mol. The Hall–Kier alpha value is -1.62. The van der Waals surface area contributed by atoms with Gasteiger partial charge in [-0.05, 0) is 41.1 Å². The summed E-state index contributed by atoms with van der Waals surface area (Å²) < 4.78 is 11.2. The summed E-state index contributed by atoms with van der Waals surface area (Å²) >= 11 is 3.37. The smallest absolute Gasteiger partial charge is 0.127 e. The lowest BCUT2D eigenvalue weighted by Gasteiger charge is -2.08. The van der Waals surface area contributed by atoms with Gasteiger partial charge in [0.25, 0.3) is 0 Å². The summed E-state index contributed by atoms with van der Waals surface area (Å²) in [5, 5.41) is 0. The Labute approximate surface area is 114 Å². The minimum atomic E-state index is 0.709. The molecule has 18 heavy (non-hydrogen) atoms. The van der Waals surface area contributed by atoms with E-state index in [4.69, 9.17) is 9.47 Å². The molecule has 0 aliphatic carbocycles. The molecule has 0 spiro atoms. The van der Waals surface area contributed by atoms with Crippen molar-refractivity contribution in [1.82, 2.24) is 9.97 Å². The molecule has 0 fully saturated rings. The first-order valence-corrected chi connectivity index (χ1v) is 6.16. The highest BCUT2D eigenvalue weighted by Crippen LogP contribution is 2.29. The van der Waals surface area contributed by atoms with Crippen molar-refractivity contribution in [2.75, 3.05) is 14.2 Å². The van der Waals surface area contributed by atoms with Crippen LogP contribution in [0.15, 0.2) is 28.9 Å². The first-order valence-electron chi connectivity index (χ1n) is 5.37. The summed E-state index contributed by atoms with van der Waals surface area (Å²) in [4.78, 5) is 8.59. The number of rotatable bonds is 3. The minimum absolute atomic E-state index is 0.709. The van der Waals surface area contributed by atoms with E-state index in [0.717, 1.165) is 27.4 Å². The Balaban J connectivity index is 2.55. The van der Waals surface area contributed by atoms with Gasteiger partial charge in [-0.1, -0.05) is 0 Å². The fourth-order valence-electron chi connectivity index (χ4n) is 1.63. The molecule has 0 saturated heterocycles. The average molecular weight is 309 g/mol. The lowest BCUT2D eigenvalue weighted by atomic mass is 10.1. The molecule has 0 saturated carbocycles. The van der Waals surface area contributed by atoms with Crippen LogP contribution in [0.3, 0.4) is 0 Å². The van der Waals surface area contributed by atoms with Gasteiger partial charge in [0.2, 0.25) is 0 Å². The van der Waals surface area contributed by atoms with Gasteiger partial charge in [-0.15, -0.1) is 0 Å². The number of aryl methyl sites for hydroxylation is 1. The number of halogens is 1. The van der Waals surface area contributed by atoms with Crippen LogP contribution in [0.25, 0.3) is 11.3 Å². The Bertz CT molecular complexity index is 530. The van der Waals surface area contributed by atoms with Crippen LogP contribution in [0.4, 0.5) is 0 Å². The summed E-state index contributed by atoms with van der Waals surface area (Å²) in [7, 11) is 3.25. The van der Waals surface area contributed by atoms with Crippen LogP contribution in [0.2, 0.25) is 0 Å². The molecule has 2 aromatic rings. The van der Waals surface area contributed by atoms with Gasteiger partial charge in [-0.3, -0.25) is 0 Å². The Kier molecular flexibility index (Phi) is 3.81. The molecular weight excluding hydrogens is 296 g/mol. The summed E-state index contributed by atoms with van der Waals surface area (Å²) in [6.07, 6.45) is 0. The van der Waals surface area contributed by atoms with E-state index in [9.17, 15) is 0 Å². The van der Waals surface area contributed by atoms with Crippen LogP contribution < -0.4 is 9.47 Å². The second-order valence-electron chi connectivity index (χ2n) is 3.72. The fourth-order valence-corrected chi connectivity index (χ4v) is 2.11. The fraction of sp³-hybridized carbons (Fsp3) is 0.231. The number of nitrogens with zero attached hydrogens (tertiary/aromatic N) is 2. The Morgan fingerprint density at radius 3 is 2.06 bits per heavy atom. The minimum Gasteiger partial charge on any atom is -0.497 e. The second kappa shape index (κ2) is 5.35. The predicted molar refractivity (Wildman–Crippen MR) is 73.0 cm³/mol. The molecule has 0 aliphatic rings. The van der Waals surface area contributed by atoms with Gasteiger partial charge in [-0.25, -0.2) is 9.97 Å². The summed E-state index contributed by atoms with van der Waals surface area (Å²) in [6.45, 7) is 1.85. The van der Waals surface area contributed by atoms with Gasteiger partial charge in [0.1, 0.15) is 21.9 Å². The van der Waals surface area contributed by atoms with Crippen molar-refractivity contribution in [1.29, 1.82) is 0 Å². The van der Waals surface area contributed by atoms with Crippen LogP contribution in [-0.2, 0) is 0 Å². The lowest BCUT2D eigenvalue weighted by molar-refractivity contribution is 0.394. The molecule has 4 nitrogen and oxygen atoms in total. The van der Waals surface area contributed by atoms with Gasteiger partial charge < -0.3 is 9.47 Å². The largest absolute Gasteiger partial charge is 0.497 e. The molecule has 0 bridgehead atoms. The molecule has 1 aromatic heterocycles. The highest BCUT2D eigenvalue weighted by molar-refractivity contribution is 9.10. The quantitative estimate of drug-likeness (QED) is 0.817. The van der Waals surface area contributed by atoms with Gasteiger partial charge in [0.15, 0.2) is 0 Å². The summed E-state index contributed by atoms with van der Waals surface area (Å²) in [6, 6.07) is 7.52. The maximum Gasteiger partial charge on any atom is 0.127 e. The molecule has 0 N–H and O–H groups in total. The van der Waals surface area contributed by atoms with Gasteiger partial charge in [0, 0.05) is 11.6 Å². The van der Waals surface area contributed by atoms with Crippen molar-refractivity contribution in [3.8, 4) is 22.8 Å². The zero-order valence-corrected chi connectivity index (χ0v) is 12.0. The van der Waals surface area contributed by atoms with Crippen molar-refractivity contribution in [2.45, 2.75) is 6.92 Å². The van der Waals surface area contributed by atoms with E-state index in [1.54, 1.807) is 14.2 Å². The molecular formula is C13H13BrN2O2. The second-order valence-corrected chi connectivity index (χ2v) is 4.54. The van der Waals surface area contributed by atoms with E-state index >= 15 is 0 Å². The topological polar surface area (TPSA) is 44.2 Å². The van der Waals surface area contributed by atoms with E-state index in [1.807, 2.05) is 31.2 Å². The molecule has 94 valence electrons. The summed E-state index contributed by atoms with van der Waals surface area (Å²) in [5.74, 6) is 2.18. The lowest BCUT2D eigenvalue weighted by Crippen LogP contribution is -1.94. The first kappa shape index (κ1) is 12.8. The SMILES string of the molecule is COc1cc(OC)cc(-c2cc(Br)nc(C)n2)c1. The van der Waals surface area contributed by atoms with E-state index in [-0.39, 0.29) is 0 Å². The van der Waals surface area contributed by atoms with Gasteiger partial charge in [0.05, 0.1) is 19.9 Å². The van der Waals surface area contributed by atoms with Crippen molar-refractivity contribution in [3.63, 3.8) is 0 Å². The van der Waals surface area contributed by atoms with Crippen molar-refractivity contribution >= 4 is 15.9 Å². The summed E-state index contributed by atoms with van der Waals surface area (Å²) in [5.41, 5.74) is 1.75. The van der Waals surface area contributed by atoms with E-state index in [2.05, 4.69) is 25.9 Å². The molecule has 1 heterocycles. The van der Waals surface area contributed by atoms with Crippen LogP contribution in [-0.4, -0.2) is 24.2 Å². The molecule has 0 unspecified atom stereocenters. The van der Waals surface area contributed by atoms with Crippen LogP contribution >= 0.6 is 15.9 Å². The highest BCUT2D eigenvalue weighted by Gasteiger charge is 2.07. The van der Waals surface area contributed by atoms with Crippen molar-refractivity contribution < 1.29 is 9.47 Å². The third kappa shape index (κ3) is 2.79. The highest BCUT2D eigenvalue weighted by atomic mass is 79.9. The van der Waals surface area contributed by atoms with E-state index < -0.39 is 0 Å². The third-order valence-electron chi connectivity index (χ3n) is 2.45. The zero-order valence-electron chi connectivity index (χ0n) is 10.4. The van der Waals surface area contributed by atoms with Crippen molar-refractivity contribution in [2.24, 2.45) is 0 Å². The molecule has 1 aromatic carbocycles. The zero-order chi connectivity index (χ0) is 13.1. The maximum absolute atomic E-state index is 5.24. The molecule has 5 heteroatoms. The van der Waals surface area contributed by atoms with Crippen LogP contribution in [0.1, 0.15) is 5.82 Å². The Morgan fingerprint density at radius 1 is 0.944 bits per heavy atom. The number of benzene rings is 1. The van der Waals surface area contributed by atoms with Gasteiger partial charge >= 0.3 is 0 Å². The van der Waals surface area contributed by atoms with Crippen molar-refractivity contribution in [3.05, 3.63) is 34.7 Å². The molecule has 2 rings (SSSR count). The average Bonchev–Trinajstić information content (AvgIpc) is 2.37. The normalized spacial score (nSPS) is 10.2.